The van der Waals surface area contributed by atoms with E-state index in [-0.39, 0.29) is 5.91 Å². The monoisotopic (exact) mass is 370 g/mol. The van der Waals surface area contributed by atoms with Crippen LogP contribution in [-0.2, 0) is 11.3 Å². The second kappa shape index (κ2) is 8.40. The van der Waals surface area contributed by atoms with Gasteiger partial charge in [-0.1, -0.05) is 12.8 Å². The molecule has 2 saturated heterocycles. The number of aryl methyl sites for hydroxylation is 1. The molecule has 27 heavy (non-hydrogen) atoms. The van der Waals surface area contributed by atoms with E-state index < -0.39 is 0 Å². The van der Waals surface area contributed by atoms with E-state index in [0.29, 0.717) is 18.3 Å². The Morgan fingerprint density at radius 2 is 1.96 bits per heavy atom. The summed E-state index contributed by atoms with van der Waals surface area (Å²) in [6.45, 7) is 6.03. The molecule has 2 aliphatic heterocycles. The molecule has 0 spiro atoms. The molecule has 0 unspecified atom stereocenters. The third-order valence-corrected chi connectivity index (χ3v) is 5.76. The van der Waals surface area contributed by atoms with Crippen LogP contribution in [0.5, 0.6) is 0 Å². The first-order chi connectivity index (χ1) is 13.2. The van der Waals surface area contributed by atoms with E-state index in [2.05, 4.69) is 28.8 Å². The topological polar surface area (TPSA) is 58.9 Å². The SMILES string of the molecule is Cc1ccn2c(CNC3CCOCC3)c(C(=O)N3CCCCCC3)nc2c1. The van der Waals surface area contributed by atoms with Crippen molar-refractivity contribution in [3.63, 3.8) is 0 Å². The first kappa shape index (κ1) is 18.4. The maximum atomic E-state index is 13.3. The minimum atomic E-state index is 0.0852. The molecule has 0 atom stereocenters. The van der Waals surface area contributed by atoms with Gasteiger partial charge in [-0.3, -0.25) is 4.79 Å². The number of pyridine rings is 1. The second-order valence-electron chi connectivity index (χ2n) is 7.81. The molecule has 0 aromatic carbocycles. The van der Waals surface area contributed by atoms with Crippen molar-refractivity contribution in [3.8, 4) is 0 Å². The zero-order chi connectivity index (χ0) is 18.6. The van der Waals surface area contributed by atoms with Crippen LogP contribution in [0, 0.1) is 6.92 Å². The summed E-state index contributed by atoms with van der Waals surface area (Å²) >= 11 is 0. The van der Waals surface area contributed by atoms with Crippen LogP contribution in [0.25, 0.3) is 5.65 Å². The highest BCUT2D eigenvalue weighted by molar-refractivity contribution is 5.94. The largest absolute Gasteiger partial charge is 0.381 e. The molecule has 0 saturated carbocycles. The number of nitrogens with one attached hydrogen (secondary N) is 1. The minimum absolute atomic E-state index is 0.0852. The van der Waals surface area contributed by atoms with Gasteiger partial charge in [0.1, 0.15) is 5.65 Å². The molecule has 146 valence electrons. The highest BCUT2D eigenvalue weighted by atomic mass is 16.5. The third-order valence-electron chi connectivity index (χ3n) is 5.76. The predicted molar refractivity (Wildman–Crippen MR) is 105 cm³/mol. The van der Waals surface area contributed by atoms with Crippen LogP contribution in [0.2, 0.25) is 0 Å². The maximum absolute atomic E-state index is 13.3. The van der Waals surface area contributed by atoms with Crippen molar-refractivity contribution in [2.45, 2.75) is 58.0 Å². The fraction of sp³-hybridized carbons (Fsp3) is 0.619. The van der Waals surface area contributed by atoms with E-state index in [1.54, 1.807) is 0 Å². The summed E-state index contributed by atoms with van der Waals surface area (Å²) < 4.78 is 7.53. The Morgan fingerprint density at radius 1 is 1.22 bits per heavy atom. The van der Waals surface area contributed by atoms with Crippen LogP contribution in [0.1, 0.15) is 60.3 Å². The van der Waals surface area contributed by atoms with Gasteiger partial charge in [0.2, 0.25) is 0 Å². The Morgan fingerprint density at radius 3 is 2.70 bits per heavy atom. The van der Waals surface area contributed by atoms with Crippen LogP contribution < -0.4 is 5.32 Å². The Bertz CT molecular complexity index is 787. The van der Waals surface area contributed by atoms with Gasteiger partial charge in [-0.15, -0.1) is 0 Å². The number of hydrogen-bond donors (Lipinski definition) is 1. The smallest absolute Gasteiger partial charge is 0.274 e. The van der Waals surface area contributed by atoms with Gasteiger partial charge in [0.05, 0.1) is 5.69 Å². The highest BCUT2D eigenvalue weighted by Crippen LogP contribution is 2.19. The number of amides is 1. The number of carbonyl (C=O) groups is 1. The number of likely N-dealkylation sites (tertiary alicyclic amines) is 1. The minimum Gasteiger partial charge on any atom is -0.381 e. The molecule has 4 heterocycles. The number of carbonyl (C=O) groups excluding carboxylic acids is 1. The average Bonchev–Trinajstić information content (AvgIpc) is 2.85. The average molecular weight is 370 g/mol. The lowest BCUT2D eigenvalue weighted by atomic mass is 10.1. The quantitative estimate of drug-likeness (QED) is 0.899. The zero-order valence-corrected chi connectivity index (χ0v) is 16.2. The molecule has 0 aliphatic carbocycles. The molecule has 2 fully saturated rings. The molecular weight excluding hydrogens is 340 g/mol. The highest BCUT2D eigenvalue weighted by Gasteiger charge is 2.25. The lowest BCUT2D eigenvalue weighted by Crippen LogP contribution is -2.36. The van der Waals surface area contributed by atoms with Crippen LogP contribution in [0.3, 0.4) is 0 Å². The molecule has 2 aromatic heterocycles. The molecule has 4 rings (SSSR count). The molecule has 2 aliphatic rings. The fourth-order valence-electron chi connectivity index (χ4n) is 4.10. The van der Waals surface area contributed by atoms with Crippen LogP contribution in [-0.4, -0.2) is 52.5 Å². The second-order valence-corrected chi connectivity index (χ2v) is 7.81. The van der Waals surface area contributed by atoms with Gasteiger partial charge >= 0.3 is 0 Å². The molecule has 1 amide bonds. The molecule has 2 aromatic rings. The van der Waals surface area contributed by atoms with Crippen LogP contribution in [0.15, 0.2) is 18.3 Å². The van der Waals surface area contributed by atoms with Crippen LogP contribution in [0.4, 0.5) is 0 Å². The standard InChI is InChI=1S/C21H30N4O2/c1-16-6-11-25-18(15-22-17-7-12-27-13-8-17)20(23-19(25)14-16)21(26)24-9-4-2-3-5-10-24/h6,11,14,17,22H,2-5,7-10,12-13,15H2,1H3. The number of rotatable bonds is 4. The molecule has 1 N–H and O–H groups in total. The van der Waals surface area contributed by atoms with Crippen LogP contribution >= 0.6 is 0 Å². The summed E-state index contributed by atoms with van der Waals surface area (Å²) in [7, 11) is 0. The van der Waals surface area contributed by atoms with Gasteiger partial charge in [0.15, 0.2) is 5.69 Å². The lowest BCUT2D eigenvalue weighted by molar-refractivity contribution is 0.0746. The lowest BCUT2D eigenvalue weighted by Gasteiger charge is -2.24. The van der Waals surface area contributed by atoms with E-state index in [1.807, 2.05) is 11.1 Å². The Hall–Kier alpha value is -1.92. The number of imidazole rings is 1. The normalized spacial score (nSPS) is 19.4. The molecular formula is C21H30N4O2. The number of aromatic nitrogens is 2. The first-order valence-corrected chi connectivity index (χ1v) is 10.3. The van der Waals surface area contributed by atoms with Gasteiger partial charge in [0, 0.05) is 45.1 Å². The van der Waals surface area contributed by atoms with Crippen molar-refractivity contribution in [1.29, 1.82) is 0 Å². The van der Waals surface area contributed by atoms with E-state index in [0.717, 1.165) is 68.9 Å². The van der Waals surface area contributed by atoms with Gasteiger partial charge in [-0.25, -0.2) is 4.98 Å². The van der Waals surface area contributed by atoms with E-state index >= 15 is 0 Å². The number of ether oxygens (including phenoxy) is 1. The summed E-state index contributed by atoms with van der Waals surface area (Å²) in [5.74, 6) is 0.0852. The summed E-state index contributed by atoms with van der Waals surface area (Å²) in [4.78, 5) is 20.0. The van der Waals surface area contributed by atoms with Crippen molar-refractivity contribution in [2.75, 3.05) is 26.3 Å². The van der Waals surface area contributed by atoms with E-state index in [4.69, 9.17) is 9.72 Å². The van der Waals surface area contributed by atoms with Crippen molar-refractivity contribution < 1.29 is 9.53 Å². The number of fused-ring (bicyclic) bond motifs is 1. The van der Waals surface area contributed by atoms with Crippen molar-refractivity contribution in [1.82, 2.24) is 19.6 Å². The first-order valence-electron chi connectivity index (χ1n) is 10.3. The predicted octanol–water partition coefficient (Wildman–Crippen LogP) is 2.93. The molecule has 0 radical (unpaired) electrons. The van der Waals surface area contributed by atoms with Crippen molar-refractivity contribution in [2.24, 2.45) is 0 Å². The van der Waals surface area contributed by atoms with E-state index in [1.165, 1.54) is 12.8 Å². The Balaban J connectivity index is 1.62. The van der Waals surface area contributed by atoms with Gasteiger partial charge in [-0.05, 0) is 50.3 Å². The Labute approximate surface area is 160 Å². The zero-order valence-electron chi connectivity index (χ0n) is 16.2. The van der Waals surface area contributed by atoms with Crippen molar-refractivity contribution in [3.05, 3.63) is 35.3 Å². The summed E-state index contributed by atoms with van der Waals surface area (Å²) in [6.07, 6.45) is 8.69. The summed E-state index contributed by atoms with van der Waals surface area (Å²) in [5.41, 5.74) is 3.61. The third kappa shape index (κ3) is 4.17. The van der Waals surface area contributed by atoms with E-state index in [9.17, 15) is 4.79 Å². The molecule has 6 heteroatoms. The van der Waals surface area contributed by atoms with Gasteiger partial charge < -0.3 is 19.4 Å². The number of nitrogens with zero attached hydrogens (tertiary/aromatic N) is 3. The van der Waals surface area contributed by atoms with Gasteiger partial charge in [-0.2, -0.15) is 0 Å². The van der Waals surface area contributed by atoms with Crippen molar-refractivity contribution >= 4 is 11.6 Å². The molecule has 0 bridgehead atoms. The fourth-order valence-corrected chi connectivity index (χ4v) is 4.10. The van der Waals surface area contributed by atoms with Gasteiger partial charge in [0.25, 0.3) is 5.91 Å². The maximum Gasteiger partial charge on any atom is 0.274 e. The Kier molecular flexibility index (Phi) is 5.74. The molecule has 6 nitrogen and oxygen atoms in total. The number of hydrogen-bond acceptors (Lipinski definition) is 4. The summed E-state index contributed by atoms with van der Waals surface area (Å²) in [6, 6.07) is 4.57. The summed E-state index contributed by atoms with van der Waals surface area (Å²) in [5, 5.41) is 3.63.